The summed E-state index contributed by atoms with van der Waals surface area (Å²) in [6.07, 6.45) is 0. The zero-order valence-electron chi connectivity index (χ0n) is 9.04. The van der Waals surface area contributed by atoms with Gasteiger partial charge < -0.3 is 15.8 Å². The summed E-state index contributed by atoms with van der Waals surface area (Å²) < 4.78 is 5.29. The number of nitrogens with one attached hydrogen (secondary N) is 1. The minimum atomic E-state index is -0.119. The van der Waals surface area contributed by atoms with Gasteiger partial charge in [-0.2, -0.15) is 0 Å². The first kappa shape index (κ1) is 11.4. The largest absolute Gasteiger partial charge is 0.484 e. The van der Waals surface area contributed by atoms with Gasteiger partial charge in [0.2, 0.25) is 0 Å². The van der Waals surface area contributed by atoms with Crippen LogP contribution in [0.2, 0.25) is 0 Å². The van der Waals surface area contributed by atoms with Crippen LogP contribution in [0.1, 0.15) is 12.5 Å². The second-order valence-electron chi connectivity index (χ2n) is 3.26. The number of anilines is 1. The molecule has 3 N–H and O–H groups in total. The van der Waals surface area contributed by atoms with E-state index in [1.54, 1.807) is 12.1 Å². The Morgan fingerprint density at radius 3 is 2.87 bits per heavy atom. The highest BCUT2D eigenvalue weighted by atomic mass is 16.5. The molecular weight excluding hydrogens is 192 g/mol. The highest BCUT2D eigenvalue weighted by molar-refractivity contribution is 5.77. The lowest BCUT2D eigenvalue weighted by molar-refractivity contribution is -0.122. The predicted octanol–water partition coefficient (Wildman–Crippen LogP) is 1.09. The van der Waals surface area contributed by atoms with Gasteiger partial charge in [0.25, 0.3) is 5.91 Å². The molecule has 0 bridgehead atoms. The molecule has 0 radical (unpaired) electrons. The van der Waals surface area contributed by atoms with Crippen LogP contribution in [0.5, 0.6) is 5.75 Å². The summed E-state index contributed by atoms with van der Waals surface area (Å²) in [6, 6.07) is 5.33. The van der Waals surface area contributed by atoms with Crippen molar-refractivity contribution in [1.29, 1.82) is 0 Å². The summed E-state index contributed by atoms with van der Waals surface area (Å²) >= 11 is 0. The number of rotatable bonds is 4. The minimum absolute atomic E-state index is 0.0389. The fraction of sp³-hybridized carbons (Fsp3) is 0.364. The Labute approximate surface area is 89.4 Å². The monoisotopic (exact) mass is 208 g/mol. The summed E-state index contributed by atoms with van der Waals surface area (Å²) in [6.45, 7) is 4.42. The van der Waals surface area contributed by atoms with Crippen LogP contribution in [0, 0.1) is 6.92 Å². The van der Waals surface area contributed by atoms with Crippen LogP contribution in [0.15, 0.2) is 18.2 Å². The number of amides is 1. The Morgan fingerprint density at radius 1 is 1.53 bits per heavy atom. The normalized spacial score (nSPS) is 9.73. The molecule has 0 aliphatic carbocycles. The lowest BCUT2D eigenvalue weighted by atomic mass is 10.2. The van der Waals surface area contributed by atoms with E-state index < -0.39 is 0 Å². The molecule has 82 valence electrons. The van der Waals surface area contributed by atoms with Crippen molar-refractivity contribution in [3.05, 3.63) is 23.8 Å². The molecular formula is C11H16N2O2. The predicted molar refractivity (Wildman–Crippen MR) is 59.8 cm³/mol. The number of nitrogen functional groups attached to an aromatic ring is 1. The molecule has 0 spiro atoms. The maximum absolute atomic E-state index is 11.1. The number of benzene rings is 1. The highest BCUT2D eigenvalue weighted by Gasteiger charge is 2.01. The van der Waals surface area contributed by atoms with E-state index in [-0.39, 0.29) is 12.5 Å². The lowest BCUT2D eigenvalue weighted by Crippen LogP contribution is -2.28. The van der Waals surface area contributed by atoms with Crippen molar-refractivity contribution in [2.45, 2.75) is 13.8 Å². The number of aryl methyl sites for hydroxylation is 1. The van der Waals surface area contributed by atoms with E-state index in [4.69, 9.17) is 10.5 Å². The maximum Gasteiger partial charge on any atom is 0.257 e. The molecule has 0 atom stereocenters. The molecule has 0 saturated carbocycles. The number of carbonyl (C=O) groups excluding carboxylic acids is 1. The average molecular weight is 208 g/mol. The highest BCUT2D eigenvalue weighted by Crippen LogP contribution is 2.18. The fourth-order valence-electron chi connectivity index (χ4n) is 1.14. The van der Waals surface area contributed by atoms with Crippen LogP contribution in [-0.4, -0.2) is 19.1 Å². The molecule has 0 aliphatic heterocycles. The number of hydrogen-bond donors (Lipinski definition) is 2. The van der Waals surface area contributed by atoms with Crippen molar-refractivity contribution < 1.29 is 9.53 Å². The van der Waals surface area contributed by atoms with Gasteiger partial charge in [-0.05, 0) is 37.6 Å². The molecule has 0 heterocycles. The zero-order valence-corrected chi connectivity index (χ0v) is 9.04. The second-order valence-corrected chi connectivity index (χ2v) is 3.26. The third-order valence-corrected chi connectivity index (χ3v) is 1.99. The van der Waals surface area contributed by atoms with E-state index in [1.165, 1.54) is 0 Å². The van der Waals surface area contributed by atoms with Crippen molar-refractivity contribution in [2.75, 3.05) is 18.9 Å². The number of likely N-dealkylation sites (N-methyl/N-ethyl adjacent to an activating group) is 1. The van der Waals surface area contributed by atoms with E-state index in [2.05, 4.69) is 5.32 Å². The second kappa shape index (κ2) is 5.24. The zero-order chi connectivity index (χ0) is 11.3. The molecule has 4 nitrogen and oxygen atoms in total. The molecule has 0 aromatic heterocycles. The van der Waals surface area contributed by atoms with Crippen LogP contribution in [0.25, 0.3) is 0 Å². The first-order valence-electron chi connectivity index (χ1n) is 4.89. The molecule has 15 heavy (non-hydrogen) atoms. The van der Waals surface area contributed by atoms with E-state index in [9.17, 15) is 4.79 Å². The van der Waals surface area contributed by atoms with Crippen LogP contribution in [0.4, 0.5) is 5.69 Å². The summed E-state index contributed by atoms with van der Waals surface area (Å²) in [5.74, 6) is 0.542. The summed E-state index contributed by atoms with van der Waals surface area (Å²) in [4.78, 5) is 11.1. The Balaban J connectivity index is 2.51. The van der Waals surface area contributed by atoms with E-state index in [0.717, 1.165) is 11.3 Å². The molecule has 1 aromatic carbocycles. The van der Waals surface area contributed by atoms with E-state index in [0.29, 0.717) is 12.3 Å². The van der Waals surface area contributed by atoms with Gasteiger partial charge in [0.05, 0.1) is 0 Å². The number of nitrogens with two attached hydrogens (primary N) is 1. The molecule has 1 aromatic rings. The molecule has 0 fully saturated rings. The maximum atomic E-state index is 11.1. The van der Waals surface area contributed by atoms with Gasteiger partial charge in [0, 0.05) is 12.2 Å². The van der Waals surface area contributed by atoms with Gasteiger partial charge in [-0.3, -0.25) is 4.79 Å². The van der Waals surface area contributed by atoms with Crippen molar-refractivity contribution in [3.8, 4) is 5.75 Å². The summed E-state index contributed by atoms with van der Waals surface area (Å²) in [5.41, 5.74) is 7.33. The topological polar surface area (TPSA) is 64.3 Å². The minimum Gasteiger partial charge on any atom is -0.484 e. The standard InChI is InChI=1S/C11H16N2O2/c1-3-13-11(14)7-15-9-4-5-10(12)8(2)6-9/h4-6H,3,7,12H2,1-2H3,(H,13,14). The van der Waals surface area contributed by atoms with Crippen molar-refractivity contribution >= 4 is 11.6 Å². The van der Waals surface area contributed by atoms with Crippen molar-refractivity contribution in [2.24, 2.45) is 0 Å². The van der Waals surface area contributed by atoms with Crippen LogP contribution in [-0.2, 0) is 4.79 Å². The van der Waals surface area contributed by atoms with Gasteiger partial charge in [-0.25, -0.2) is 0 Å². The fourth-order valence-corrected chi connectivity index (χ4v) is 1.14. The van der Waals surface area contributed by atoms with Gasteiger partial charge in [-0.1, -0.05) is 0 Å². The quantitative estimate of drug-likeness (QED) is 0.728. The first-order valence-corrected chi connectivity index (χ1v) is 4.89. The number of carbonyl (C=O) groups is 1. The van der Waals surface area contributed by atoms with E-state index in [1.807, 2.05) is 19.9 Å². The van der Waals surface area contributed by atoms with Crippen molar-refractivity contribution in [1.82, 2.24) is 5.32 Å². The van der Waals surface area contributed by atoms with E-state index >= 15 is 0 Å². The molecule has 0 unspecified atom stereocenters. The molecule has 4 heteroatoms. The smallest absolute Gasteiger partial charge is 0.257 e. The number of hydrogen-bond acceptors (Lipinski definition) is 3. The lowest BCUT2D eigenvalue weighted by Gasteiger charge is -2.07. The Hall–Kier alpha value is -1.71. The molecule has 0 aliphatic rings. The molecule has 0 saturated heterocycles. The van der Waals surface area contributed by atoms with Gasteiger partial charge in [0.1, 0.15) is 5.75 Å². The molecule has 1 rings (SSSR count). The van der Waals surface area contributed by atoms with Gasteiger partial charge in [-0.15, -0.1) is 0 Å². The first-order chi connectivity index (χ1) is 7.13. The van der Waals surface area contributed by atoms with Crippen LogP contribution in [0.3, 0.4) is 0 Å². The summed E-state index contributed by atoms with van der Waals surface area (Å²) in [7, 11) is 0. The number of ether oxygens (including phenoxy) is 1. The SMILES string of the molecule is CCNC(=O)COc1ccc(N)c(C)c1. The van der Waals surface area contributed by atoms with Gasteiger partial charge in [0.15, 0.2) is 6.61 Å². The Kier molecular flexibility index (Phi) is 3.97. The molecule has 1 amide bonds. The van der Waals surface area contributed by atoms with Gasteiger partial charge >= 0.3 is 0 Å². The average Bonchev–Trinajstić information content (AvgIpc) is 2.20. The van der Waals surface area contributed by atoms with Crippen LogP contribution < -0.4 is 15.8 Å². The summed E-state index contributed by atoms with van der Waals surface area (Å²) in [5, 5.41) is 2.65. The van der Waals surface area contributed by atoms with Crippen molar-refractivity contribution in [3.63, 3.8) is 0 Å². The Bertz CT molecular complexity index is 350. The third kappa shape index (κ3) is 3.50. The Morgan fingerprint density at radius 2 is 2.27 bits per heavy atom. The van der Waals surface area contributed by atoms with Crippen LogP contribution >= 0.6 is 0 Å². The third-order valence-electron chi connectivity index (χ3n) is 1.99.